The summed E-state index contributed by atoms with van der Waals surface area (Å²) >= 11 is 0. The maximum atomic E-state index is 14.8. The molecule has 49 heavy (non-hydrogen) atoms. The molecule has 1 aliphatic heterocycles. The summed E-state index contributed by atoms with van der Waals surface area (Å²) in [4.78, 5) is 43.3. The monoisotopic (exact) mass is 665 g/mol. The van der Waals surface area contributed by atoms with E-state index in [2.05, 4.69) is 36.4 Å². The van der Waals surface area contributed by atoms with Gasteiger partial charge in [-0.2, -0.15) is 0 Å². The lowest BCUT2D eigenvalue weighted by Gasteiger charge is -2.61. The fourth-order valence-corrected chi connectivity index (χ4v) is 8.18. The molecule has 1 amide bonds. The van der Waals surface area contributed by atoms with Gasteiger partial charge in [0.05, 0.1) is 30.6 Å². The number of ether oxygens (including phenoxy) is 1. The van der Waals surface area contributed by atoms with Crippen LogP contribution < -0.4 is 20.9 Å². The third kappa shape index (κ3) is 6.26. The lowest BCUT2D eigenvalue weighted by Crippen LogP contribution is -2.58. The normalized spacial score (nSPS) is 24.7. The molecule has 1 saturated heterocycles. The van der Waals surface area contributed by atoms with Gasteiger partial charge in [-0.15, -0.1) is 0 Å². The first kappa shape index (κ1) is 32.7. The van der Waals surface area contributed by atoms with E-state index in [0.29, 0.717) is 69.3 Å². The van der Waals surface area contributed by atoms with Crippen molar-refractivity contribution in [2.24, 2.45) is 28.2 Å². The smallest absolute Gasteiger partial charge is 0.261 e. The van der Waals surface area contributed by atoms with Crippen LogP contribution in [0.15, 0.2) is 70.7 Å². The summed E-state index contributed by atoms with van der Waals surface area (Å²) in [7, 11) is 1.50. The van der Waals surface area contributed by atoms with Gasteiger partial charge in [0.25, 0.3) is 5.56 Å². The molecule has 4 aromatic rings. The summed E-state index contributed by atoms with van der Waals surface area (Å²) in [6.07, 6.45) is 5.91. The van der Waals surface area contributed by atoms with Crippen molar-refractivity contribution >= 4 is 28.5 Å². The number of halogens is 1. The van der Waals surface area contributed by atoms with Gasteiger partial charge in [-0.1, -0.05) is 26.8 Å². The van der Waals surface area contributed by atoms with Crippen molar-refractivity contribution in [2.45, 2.75) is 65.6 Å². The van der Waals surface area contributed by atoms with Crippen LogP contribution in [0.5, 0.6) is 5.75 Å². The van der Waals surface area contributed by atoms with Crippen LogP contribution in [0.25, 0.3) is 22.3 Å². The van der Waals surface area contributed by atoms with Crippen LogP contribution in [0.1, 0.15) is 46.1 Å². The first-order chi connectivity index (χ1) is 23.5. The van der Waals surface area contributed by atoms with Crippen molar-refractivity contribution in [3.8, 4) is 17.1 Å². The fourth-order valence-electron chi connectivity index (χ4n) is 8.18. The minimum atomic E-state index is -0.388. The van der Waals surface area contributed by atoms with Crippen LogP contribution in [0.2, 0.25) is 0 Å². The second kappa shape index (κ2) is 12.9. The van der Waals surface area contributed by atoms with Gasteiger partial charge in [0, 0.05) is 48.8 Å². The van der Waals surface area contributed by atoms with Gasteiger partial charge in [0.1, 0.15) is 17.4 Å². The van der Waals surface area contributed by atoms with Crippen molar-refractivity contribution < 1.29 is 13.9 Å². The van der Waals surface area contributed by atoms with Gasteiger partial charge in [-0.25, -0.2) is 14.4 Å². The maximum Gasteiger partial charge on any atom is 0.261 e. The van der Waals surface area contributed by atoms with Crippen molar-refractivity contribution in [1.82, 2.24) is 24.8 Å². The topological polar surface area (TPSA) is 114 Å². The second-order valence-electron chi connectivity index (χ2n) is 14.5. The first-order valence-electron chi connectivity index (χ1n) is 17.2. The molecular formula is C38H44FN7O3. The average molecular weight is 666 g/mol. The van der Waals surface area contributed by atoms with E-state index in [-0.39, 0.29) is 48.9 Å². The summed E-state index contributed by atoms with van der Waals surface area (Å²) in [5.74, 6) is 2.83. The number of fused-ring (bicyclic) bond motifs is 3. The number of nitrogens with zero attached hydrogens (tertiary/aromatic N) is 5. The number of benzene rings is 2. The van der Waals surface area contributed by atoms with Crippen molar-refractivity contribution in [3.63, 3.8) is 0 Å². The predicted octanol–water partition coefficient (Wildman–Crippen LogP) is 5.51. The Kier molecular flexibility index (Phi) is 8.62. The highest BCUT2D eigenvalue weighted by Gasteiger charge is 2.56. The van der Waals surface area contributed by atoms with Crippen molar-refractivity contribution in [3.05, 3.63) is 82.7 Å². The number of carbonyl (C=O) groups is 1. The molecule has 5 atom stereocenters. The minimum absolute atomic E-state index is 0.0190. The average Bonchev–Trinajstić information content (AvgIpc) is 3.08. The number of amides is 1. The van der Waals surface area contributed by atoms with E-state index < -0.39 is 0 Å². The van der Waals surface area contributed by atoms with E-state index in [1.807, 2.05) is 30.0 Å². The molecular weight excluding hydrogens is 621 g/mol. The van der Waals surface area contributed by atoms with Gasteiger partial charge in [0.15, 0.2) is 5.96 Å². The van der Waals surface area contributed by atoms with Crippen LogP contribution in [-0.4, -0.2) is 63.6 Å². The number of rotatable bonds is 7. The molecule has 8 rings (SSSR count). The molecule has 256 valence electrons. The Bertz CT molecular complexity index is 1980. The molecule has 0 spiro atoms. The lowest BCUT2D eigenvalue weighted by atomic mass is 9.45. The van der Waals surface area contributed by atoms with E-state index in [9.17, 15) is 14.0 Å². The van der Waals surface area contributed by atoms with Crippen molar-refractivity contribution in [2.75, 3.05) is 25.5 Å². The van der Waals surface area contributed by atoms with E-state index in [0.717, 1.165) is 12.1 Å². The zero-order chi connectivity index (χ0) is 34.4. The number of nitrogens with one attached hydrogen (secondary N) is 2. The number of aliphatic imine (C=N–C) groups is 1. The number of hydrogen-bond acceptors (Lipinski definition) is 6. The lowest BCUT2D eigenvalue weighted by molar-refractivity contribution is -0.124. The summed E-state index contributed by atoms with van der Waals surface area (Å²) in [6.45, 7) is 10.1. The van der Waals surface area contributed by atoms with Crippen LogP contribution in [-0.2, 0) is 17.8 Å². The van der Waals surface area contributed by atoms with E-state index >= 15 is 0 Å². The van der Waals surface area contributed by atoms with Gasteiger partial charge >= 0.3 is 0 Å². The Morgan fingerprint density at radius 2 is 1.98 bits per heavy atom. The van der Waals surface area contributed by atoms with Crippen LogP contribution in [0, 0.1) is 29.0 Å². The molecule has 3 saturated carbocycles. The number of anilines is 1. The molecule has 2 bridgehead atoms. The second-order valence-corrected chi connectivity index (χ2v) is 14.5. The summed E-state index contributed by atoms with van der Waals surface area (Å²) in [5, 5.41) is 6.99. The predicted molar refractivity (Wildman–Crippen MR) is 189 cm³/mol. The zero-order valence-corrected chi connectivity index (χ0v) is 28.7. The highest BCUT2D eigenvalue weighted by atomic mass is 19.1. The number of piperazine rings is 1. The third-order valence-corrected chi connectivity index (χ3v) is 11.1. The number of aromatic nitrogens is 3. The molecule has 2 aromatic carbocycles. The Balaban J connectivity index is 1.24. The van der Waals surface area contributed by atoms with Gasteiger partial charge in [-0.3, -0.25) is 19.1 Å². The maximum absolute atomic E-state index is 14.8. The number of hydrogen-bond donors (Lipinski definition) is 2. The summed E-state index contributed by atoms with van der Waals surface area (Å²) < 4.78 is 21.6. The number of carbonyl (C=O) groups excluding carboxylic acids is 1. The summed E-state index contributed by atoms with van der Waals surface area (Å²) in [5.41, 5.74) is 2.51. The van der Waals surface area contributed by atoms with Crippen LogP contribution in [0.4, 0.5) is 10.1 Å². The molecule has 4 fully saturated rings. The highest BCUT2D eigenvalue weighted by Crippen LogP contribution is 2.61. The molecule has 3 aliphatic carbocycles. The standard InChI is InChI=1S/C38H44FN7O3/c1-22-20-45(21-34(47)41-22)37(44-32-16-26-15-30(23(32)2)38(26,3)4)42-27-9-11-29-33(17-27)43-35(25-7-6-13-40-19-25)46(36(29)48)14-12-24-8-10-28(49-5)18-31(24)39/h6-11,13,17-19,22-23,26,30,32H,12,14-16,20-21H2,1-5H3,(H,41,47)(H,42,44)/t22-,23+,26-,30-,32-/m0/s1. The fraction of sp³-hybridized carbons (Fsp3) is 0.447. The number of aryl methyl sites for hydroxylation is 1. The SMILES string of the molecule is COc1ccc(CCn2c(-c3cccnc3)nc3cc(NC(=N[C@H]4C[C@@H]5C[C@@H]([C@H]4C)C5(C)C)N4CC(=O)N[C@@H](C)C4)ccc3c2=O)c(F)c1. The zero-order valence-electron chi connectivity index (χ0n) is 28.7. The van der Waals surface area contributed by atoms with Crippen molar-refractivity contribution in [1.29, 1.82) is 0 Å². The molecule has 2 aromatic heterocycles. The molecule has 0 radical (unpaired) electrons. The molecule has 10 nitrogen and oxygen atoms in total. The Morgan fingerprint density at radius 3 is 2.67 bits per heavy atom. The molecule has 4 aliphatic rings. The molecule has 0 unspecified atom stereocenters. The molecule has 3 heterocycles. The van der Waals surface area contributed by atoms with Crippen LogP contribution >= 0.6 is 0 Å². The summed E-state index contributed by atoms with van der Waals surface area (Å²) in [6, 6.07) is 14.0. The number of methoxy groups -OCH3 is 1. The van der Waals surface area contributed by atoms with E-state index in [1.54, 1.807) is 41.2 Å². The van der Waals surface area contributed by atoms with Crippen LogP contribution in [0.3, 0.4) is 0 Å². The first-order valence-corrected chi connectivity index (χ1v) is 17.2. The Morgan fingerprint density at radius 1 is 1.14 bits per heavy atom. The largest absolute Gasteiger partial charge is 0.497 e. The minimum Gasteiger partial charge on any atom is -0.497 e. The van der Waals surface area contributed by atoms with E-state index in [4.69, 9.17) is 14.7 Å². The molecule has 11 heteroatoms. The van der Waals surface area contributed by atoms with Gasteiger partial charge < -0.3 is 20.3 Å². The molecule has 2 N–H and O–H groups in total. The third-order valence-electron chi connectivity index (χ3n) is 11.1. The van der Waals surface area contributed by atoms with E-state index in [1.165, 1.54) is 19.6 Å². The Labute approximate surface area is 285 Å². The number of pyridine rings is 1. The highest BCUT2D eigenvalue weighted by molar-refractivity contribution is 5.98. The number of guanidine groups is 1. The Hall–Kier alpha value is -4.80. The van der Waals surface area contributed by atoms with Gasteiger partial charge in [-0.05, 0) is 91.3 Å². The van der Waals surface area contributed by atoms with Gasteiger partial charge in [0.2, 0.25) is 5.91 Å². The quantitative estimate of drug-likeness (QED) is 0.198.